The first-order valence-electron chi connectivity index (χ1n) is 12.7. The van der Waals surface area contributed by atoms with Gasteiger partial charge >= 0.3 is 11.9 Å². The van der Waals surface area contributed by atoms with Crippen LogP contribution in [0.25, 0.3) is 0 Å². The zero-order chi connectivity index (χ0) is 24.9. The minimum absolute atomic E-state index is 0.0101. The maximum atomic E-state index is 11.6. The quantitative estimate of drug-likeness (QED) is 0.229. The third-order valence-electron chi connectivity index (χ3n) is 6.45. The second-order valence-corrected chi connectivity index (χ2v) is 9.67. The molecule has 5 atom stereocenters. The molecule has 2 rings (SSSR count). The number of unbranched alkanes of at least 4 members (excludes halogenated alkanes) is 1. The molecule has 1 aliphatic carbocycles. The second kappa shape index (κ2) is 14.9. The lowest BCUT2D eigenvalue weighted by atomic mass is 9.85. The Morgan fingerprint density at radius 2 is 1.85 bits per heavy atom. The number of esters is 2. The van der Waals surface area contributed by atoms with E-state index in [2.05, 4.69) is 18.2 Å². The maximum absolute atomic E-state index is 11.6. The number of aliphatic hydroxyl groups is 2. The van der Waals surface area contributed by atoms with Crippen molar-refractivity contribution < 1.29 is 29.3 Å². The van der Waals surface area contributed by atoms with Crippen LogP contribution in [0.4, 0.5) is 0 Å². The van der Waals surface area contributed by atoms with E-state index >= 15 is 0 Å². The molecule has 1 aliphatic rings. The molecule has 190 valence electrons. The van der Waals surface area contributed by atoms with E-state index in [-0.39, 0.29) is 36.0 Å². The van der Waals surface area contributed by atoms with Crippen LogP contribution in [0.1, 0.15) is 77.7 Å². The monoisotopic (exact) mass is 474 g/mol. The van der Waals surface area contributed by atoms with Gasteiger partial charge in [-0.05, 0) is 70.3 Å². The number of aryl methyl sites for hydroxylation is 1. The van der Waals surface area contributed by atoms with Crippen molar-refractivity contribution in [3.8, 4) is 0 Å². The van der Waals surface area contributed by atoms with Gasteiger partial charge < -0.3 is 19.7 Å². The minimum atomic E-state index is -0.540. The number of aliphatic hydroxyl groups excluding tert-OH is 2. The van der Waals surface area contributed by atoms with Crippen molar-refractivity contribution in [2.75, 3.05) is 0 Å². The highest BCUT2D eigenvalue weighted by Gasteiger charge is 2.43. The van der Waals surface area contributed by atoms with Gasteiger partial charge in [0.25, 0.3) is 0 Å². The van der Waals surface area contributed by atoms with Crippen molar-refractivity contribution in [1.82, 2.24) is 0 Å². The van der Waals surface area contributed by atoms with Gasteiger partial charge in [0.2, 0.25) is 0 Å². The number of carbonyl (C=O) groups excluding carboxylic acids is 2. The maximum Gasteiger partial charge on any atom is 0.306 e. The fraction of sp³-hybridized carbons (Fsp3) is 0.643. The average molecular weight is 475 g/mol. The van der Waals surface area contributed by atoms with Crippen LogP contribution in [0.2, 0.25) is 0 Å². The molecule has 6 nitrogen and oxygen atoms in total. The Morgan fingerprint density at radius 1 is 1.12 bits per heavy atom. The van der Waals surface area contributed by atoms with Crippen LogP contribution in [0.5, 0.6) is 0 Å². The van der Waals surface area contributed by atoms with Gasteiger partial charge in [0, 0.05) is 25.7 Å². The Kier molecular flexibility index (Phi) is 12.3. The van der Waals surface area contributed by atoms with Crippen LogP contribution in [-0.2, 0) is 25.5 Å². The summed E-state index contributed by atoms with van der Waals surface area (Å²) in [6.45, 7) is 5.08. The van der Waals surface area contributed by atoms with Crippen molar-refractivity contribution in [2.45, 2.75) is 103 Å². The summed E-state index contributed by atoms with van der Waals surface area (Å²) in [4.78, 5) is 23.2. The van der Waals surface area contributed by atoms with E-state index in [9.17, 15) is 19.8 Å². The highest BCUT2D eigenvalue weighted by atomic mass is 16.5. The van der Waals surface area contributed by atoms with Crippen molar-refractivity contribution in [2.24, 2.45) is 11.8 Å². The summed E-state index contributed by atoms with van der Waals surface area (Å²) in [6.07, 6.45) is 8.52. The van der Waals surface area contributed by atoms with Gasteiger partial charge in [-0.1, -0.05) is 42.5 Å². The predicted octanol–water partition coefficient (Wildman–Crippen LogP) is 4.76. The molecule has 0 bridgehead atoms. The fourth-order valence-electron chi connectivity index (χ4n) is 4.79. The van der Waals surface area contributed by atoms with Crippen LogP contribution in [0.3, 0.4) is 0 Å². The molecule has 1 aromatic carbocycles. The van der Waals surface area contributed by atoms with Gasteiger partial charge in [0.05, 0.1) is 18.3 Å². The normalized spacial score (nSPS) is 23.4. The molecule has 1 aromatic rings. The minimum Gasteiger partial charge on any atom is -0.463 e. The van der Waals surface area contributed by atoms with E-state index in [1.807, 2.05) is 38.1 Å². The van der Waals surface area contributed by atoms with E-state index in [0.29, 0.717) is 38.5 Å². The van der Waals surface area contributed by atoms with E-state index in [0.717, 1.165) is 19.3 Å². The number of rotatable bonds is 14. The average Bonchev–Trinajstić information content (AvgIpc) is 3.06. The smallest absolute Gasteiger partial charge is 0.306 e. The molecule has 0 aliphatic heterocycles. The topological polar surface area (TPSA) is 93.1 Å². The Bertz CT molecular complexity index is 759. The highest BCUT2D eigenvalue weighted by Crippen LogP contribution is 2.40. The molecule has 0 amide bonds. The third kappa shape index (κ3) is 10.4. The molecule has 0 saturated heterocycles. The van der Waals surface area contributed by atoms with Crippen molar-refractivity contribution in [3.05, 3.63) is 48.0 Å². The van der Waals surface area contributed by atoms with Crippen LogP contribution >= 0.6 is 0 Å². The lowest BCUT2D eigenvalue weighted by Gasteiger charge is -2.25. The summed E-state index contributed by atoms with van der Waals surface area (Å²) in [5.74, 6) is -0.523. The SMILES string of the molecule is CC(=O)OC1C[C@H](O)[C@H](C/C=C\CCCC(=O)OC(C)C)[C@H]1CC[C@@H](O)CCc1ccccc1. The summed E-state index contributed by atoms with van der Waals surface area (Å²) in [5, 5.41) is 21.2. The van der Waals surface area contributed by atoms with Gasteiger partial charge in [-0.2, -0.15) is 0 Å². The molecule has 1 fully saturated rings. The van der Waals surface area contributed by atoms with Gasteiger partial charge in [0.1, 0.15) is 6.10 Å². The molecule has 1 unspecified atom stereocenters. The number of hydrogen-bond acceptors (Lipinski definition) is 6. The molecule has 0 radical (unpaired) electrons. The lowest BCUT2D eigenvalue weighted by Crippen LogP contribution is -2.26. The van der Waals surface area contributed by atoms with Crippen molar-refractivity contribution in [1.29, 1.82) is 0 Å². The number of allylic oxidation sites excluding steroid dienone is 2. The number of carbonyl (C=O) groups is 2. The Hall–Kier alpha value is -2.18. The number of hydrogen-bond donors (Lipinski definition) is 2. The molecular formula is C28H42O6. The predicted molar refractivity (Wildman–Crippen MR) is 132 cm³/mol. The molecular weight excluding hydrogens is 432 g/mol. The third-order valence-corrected chi connectivity index (χ3v) is 6.45. The largest absolute Gasteiger partial charge is 0.463 e. The van der Waals surface area contributed by atoms with Crippen molar-refractivity contribution >= 4 is 11.9 Å². The lowest BCUT2D eigenvalue weighted by molar-refractivity contribution is -0.149. The number of ether oxygens (including phenoxy) is 2. The van der Waals surface area contributed by atoms with E-state index in [1.165, 1.54) is 12.5 Å². The van der Waals surface area contributed by atoms with Crippen LogP contribution < -0.4 is 0 Å². The molecule has 0 heterocycles. The summed E-state index contributed by atoms with van der Waals surface area (Å²) < 4.78 is 10.7. The zero-order valence-electron chi connectivity index (χ0n) is 20.9. The summed E-state index contributed by atoms with van der Waals surface area (Å²) in [6, 6.07) is 10.1. The zero-order valence-corrected chi connectivity index (χ0v) is 20.9. The van der Waals surface area contributed by atoms with E-state index in [1.54, 1.807) is 0 Å². The molecule has 0 aromatic heterocycles. The molecule has 34 heavy (non-hydrogen) atoms. The first-order chi connectivity index (χ1) is 16.3. The fourth-order valence-corrected chi connectivity index (χ4v) is 4.79. The first kappa shape index (κ1) is 28.1. The van der Waals surface area contributed by atoms with Gasteiger partial charge in [-0.25, -0.2) is 0 Å². The van der Waals surface area contributed by atoms with Crippen molar-refractivity contribution in [3.63, 3.8) is 0 Å². The molecule has 0 spiro atoms. The Morgan fingerprint density at radius 3 is 2.53 bits per heavy atom. The summed E-state index contributed by atoms with van der Waals surface area (Å²) >= 11 is 0. The van der Waals surface area contributed by atoms with E-state index in [4.69, 9.17) is 9.47 Å². The van der Waals surface area contributed by atoms with E-state index < -0.39 is 12.2 Å². The Balaban J connectivity index is 1.83. The van der Waals surface area contributed by atoms with Crippen LogP contribution in [-0.4, -0.2) is 46.6 Å². The first-order valence-corrected chi connectivity index (χ1v) is 12.7. The van der Waals surface area contributed by atoms with Gasteiger partial charge in [-0.3, -0.25) is 9.59 Å². The highest BCUT2D eigenvalue weighted by molar-refractivity contribution is 5.69. The molecule has 1 saturated carbocycles. The molecule has 6 heteroatoms. The van der Waals surface area contributed by atoms with Crippen LogP contribution in [0, 0.1) is 11.8 Å². The summed E-state index contributed by atoms with van der Waals surface area (Å²) in [5.41, 5.74) is 1.20. The van der Waals surface area contributed by atoms with Gasteiger partial charge in [0.15, 0.2) is 0 Å². The van der Waals surface area contributed by atoms with Gasteiger partial charge in [-0.15, -0.1) is 0 Å². The number of benzene rings is 1. The Labute approximate surface area is 204 Å². The second-order valence-electron chi connectivity index (χ2n) is 9.67. The van der Waals surface area contributed by atoms with Crippen LogP contribution in [0.15, 0.2) is 42.5 Å². The molecule has 2 N–H and O–H groups in total. The summed E-state index contributed by atoms with van der Waals surface area (Å²) in [7, 11) is 0. The standard InChI is InChI=1S/C28H42O6/c1-20(2)33-28(32)14-10-5-4-9-13-24-25(27(19-26(24)31)34-21(3)29)18-17-23(30)16-15-22-11-7-6-8-12-22/h4,6-9,11-12,20,23-27,30-31H,5,10,13-19H2,1-3H3/b9-4-/t23-,24+,25+,26-,27?/m0/s1.